The standard InChI is InChI=1S/C11H22N2.C10H20.C8H18N4O.C8H18N2.C7H16N2.CH4/c1-9(12)13-7-5-10(6-8-13)11(2,3)4;1-10(2,3)9-7-5-4-6-8-9;1-8(2,3)6(13)11-4-5-12-7(9)10;1-7(9)10-6-5-8(2,3)4;1-6(8)9-5-7(2,3)4;/h10,12H,5-8H2,1-4H3;9H,4-8H2,1-3H3;4-5H2,1-3H3,(H,11,13)(H4,9,10,12);5-6H2,1-4H3,(H2,9,10);5H2,1-4H3,(H2,8,9);1H4. The number of aliphatic imine (C=N–C) groups is 3. The Morgan fingerprint density at radius 2 is 1.07 bits per heavy atom. The first-order chi connectivity index (χ1) is 24.7. The summed E-state index contributed by atoms with van der Waals surface area (Å²) in [7, 11) is 0. The Labute approximate surface area is 348 Å². The van der Waals surface area contributed by atoms with Crippen LogP contribution in [0.1, 0.15) is 183 Å². The number of guanidine groups is 1. The van der Waals surface area contributed by atoms with Crippen molar-refractivity contribution in [2.75, 3.05) is 39.3 Å². The maximum atomic E-state index is 11.3. The van der Waals surface area contributed by atoms with Gasteiger partial charge < -0.3 is 33.2 Å². The van der Waals surface area contributed by atoms with Crippen LogP contribution in [0.15, 0.2) is 15.0 Å². The van der Waals surface area contributed by atoms with Crippen LogP contribution in [0.4, 0.5) is 0 Å². The second kappa shape index (κ2) is 28.5. The molecule has 1 aliphatic carbocycles. The van der Waals surface area contributed by atoms with Crippen molar-refractivity contribution in [2.24, 2.45) is 76.8 Å². The zero-order chi connectivity index (χ0) is 43.8. The molecule has 0 unspecified atom stereocenters. The van der Waals surface area contributed by atoms with Gasteiger partial charge >= 0.3 is 0 Å². The van der Waals surface area contributed by atoms with Gasteiger partial charge in [-0.1, -0.05) is 131 Å². The molecule has 0 spiro atoms. The van der Waals surface area contributed by atoms with E-state index in [0.29, 0.717) is 41.0 Å². The zero-order valence-corrected chi connectivity index (χ0v) is 39.6. The van der Waals surface area contributed by atoms with E-state index in [2.05, 4.69) is 108 Å². The lowest BCUT2D eigenvalue weighted by Crippen LogP contribution is -2.40. The van der Waals surface area contributed by atoms with Gasteiger partial charge in [0.15, 0.2) is 5.96 Å². The highest BCUT2D eigenvalue weighted by Gasteiger charge is 2.29. The fourth-order valence-electron chi connectivity index (χ4n) is 5.60. The van der Waals surface area contributed by atoms with Crippen LogP contribution >= 0.6 is 0 Å². The topological polar surface area (TPSA) is 197 Å². The van der Waals surface area contributed by atoms with Gasteiger partial charge in [-0.25, -0.2) is 0 Å². The molecule has 0 bridgehead atoms. The van der Waals surface area contributed by atoms with Gasteiger partial charge in [0.1, 0.15) is 0 Å². The molecule has 1 amide bonds. The van der Waals surface area contributed by atoms with Crippen molar-refractivity contribution in [3.05, 3.63) is 0 Å². The summed E-state index contributed by atoms with van der Waals surface area (Å²) in [4.78, 5) is 25.4. The second-order valence-electron chi connectivity index (χ2n) is 21.1. The number of hydrogen-bond acceptors (Lipinski definition) is 5. The van der Waals surface area contributed by atoms with Crippen LogP contribution in [-0.4, -0.2) is 73.5 Å². The second-order valence-corrected chi connectivity index (χ2v) is 21.1. The Bertz CT molecular complexity index is 1110. The molecule has 2 aliphatic rings. The minimum absolute atomic E-state index is 0. The van der Waals surface area contributed by atoms with Crippen molar-refractivity contribution in [2.45, 2.75) is 183 Å². The lowest BCUT2D eigenvalue weighted by Gasteiger charge is -2.39. The maximum Gasteiger partial charge on any atom is 0.225 e. The van der Waals surface area contributed by atoms with Crippen molar-refractivity contribution < 1.29 is 4.79 Å². The van der Waals surface area contributed by atoms with Gasteiger partial charge in [-0.15, -0.1) is 0 Å². The largest absolute Gasteiger partial charge is 0.388 e. The first-order valence-corrected chi connectivity index (χ1v) is 20.9. The Kier molecular flexibility index (Phi) is 30.5. The van der Waals surface area contributed by atoms with Crippen LogP contribution in [0.25, 0.3) is 0 Å². The Morgan fingerprint density at radius 3 is 1.36 bits per heavy atom. The van der Waals surface area contributed by atoms with E-state index >= 15 is 0 Å². The van der Waals surface area contributed by atoms with Gasteiger partial charge in [0.25, 0.3) is 0 Å². The minimum atomic E-state index is -0.363. The fourth-order valence-corrected chi connectivity index (χ4v) is 5.60. The highest BCUT2D eigenvalue weighted by molar-refractivity contribution is 5.81. The van der Waals surface area contributed by atoms with E-state index in [-0.39, 0.29) is 30.1 Å². The predicted octanol–water partition coefficient (Wildman–Crippen LogP) is 9.62. The fraction of sp³-hybridized carbons (Fsp3) is 0.889. The number of nitrogens with two attached hydrogens (primary N) is 4. The van der Waals surface area contributed by atoms with E-state index in [4.69, 9.17) is 28.3 Å². The number of hydrogen-bond donors (Lipinski definition) is 6. The molecule has 1 saturated heterocycles. The number of carbonyl (C=O) groups is 1. The van der Waals surface area contributed by atoms with Crippen molar-refractivity contribution in [1.29, 1.82) is 5.41 Å². The molecule has 0 aromatic heterocycles. The average Bonchev–Trinajstić information content (AvgIpc) is 3.01. The summed E-state index contributed by atoms with van der Waals surface area (Å²) in [5.74, 6) is 3.97. The molecule has 0 aromatic carbocycles. The lowest BCUT2D eigenvalue weighted by atomic mass is 9.72. The van der Waals surface area contributed by atoms with Crippen LogP contribution in [0.5, 0.6) is 0 Å². The highest BCUT2D eigenvalue weighted by Crippen LogP contribution is 2.37. The third-order valence-electron chi connectivity index (χ3n) is 9.42. The van der Waals surface area contributed by atoms with Gasteiger partial charge in [0, 0.05) is 38.1 Å². The molecule has 1 heterocycles. The molecule has 334 valence electrons. The van der Waals surface area contributed by atoms with Gasteiger partial charge in [-0.3, -0.25) is 25.2 Å². The van der Waals surface area contributed by atoms with Crippen LogP contribution in [-0.2, 0) is 4.79 Å². The molecule has 0 aromatic rings. The first-order valence-electron chi connectivity index (χ1n) is 20.9. The monoisotopic (exact) mass is 795 g/mol. The van der Waals surface area contributed by atoms with Gasteiger partial charge in [0.2, 0.25) is 5.91 Å². The molecule has 56 heavy (non-hydrogen) atoms. The minimum Gasteiger partial charge on any atom is -0.388 e. The van der Waals surface area contributed by atoms with E-state index in [1.54, 1.807) is 0 Å². The number of amides is 1. The summed E-state index contributed by atoms with van der Waals surface area (Å²) < 4.78 is 0. The summed E-state index contributed by atoms with van der Waals surface area (Å²) in [6.07, 6.45) is 11.0. The SMILES string of the molecule is C.CC(=N)N1CCC(C(C)(C)C)CC1.CC(C)(C)C(=O)NCCN=C(N)N.CC(C)(C)C1CCCCC1.CC(N)=NCC(C)(C)C.CC(N)=NCCC(C)(C)C. The number of rotatable bonds is 6. The lowest BCUT2D eigenvalue weighted by molar-refractivity contribution is -0.128. The molecule has 11 nitrogen and oxygen atoms in total. The predicted molar refractivity (Wildman–Crippen MR) is 251 cm³/mol. The number of nitrogens with zero attached hydrogens (tertiary/aromatic N) is 4. The van der Waals surface area contributed by atoms with E-state index in [0.717, 1.165) is 50.3 Å². The quantitative estimate of drug-likeness (QED) is 0.0879. The van der Waals surface area contributed by atoms with Crippen molar-refractivity contribution in [3.8, 4) is 0 Å². The van der Waals surface area contributed by atoms with Gasteiger partial charge in [-0.05, 0) is 86.4 Å². The molecule has 0 radical (unpaired) electrons. The van der Waals surface area contributed by atoms with E-state index in [9.17, 15) is 4.79 Å². The number of amidine groups is 3. The Balaban J connectivity index is -0.000000303. The molecule has 11 heteroatoms. The van der Waals surface area contributed by atoms with E-state index in [1.165, 1.54) is 44.9 Å². The number of likely N-dealkylation sites (tertiary alicyclic amines) is 1. The number of carbonyl (C=O) groups excluding carboxylic acids is 1. The zero-order valence-electron chi connectivity index (χ0n) is 39.6. The number of piperidine rings is 1. The van der Waals surface area contributed by atoms with Crippen LogP contribution in [0.3, 0.4) is 0 Å². The molecule has 1 saturated carbocycles. The molecule has 2 rings (SSSR count). The third kappa shape index (κ3) is 39.4. The summed E-state index contributed by atoms with van der Waals surface area (Å²) in [5.41, 5.74) is 22.2. The Hall–Kier alpha value is -2.85. The Morgan fingerprint density at radius 1 is 0.643 bits per heavy atom. The summed E-state index contributed by atoms with van der Waals surface area (Å²) in [5, 5.41) is 10.3. The number of nitrogens with one attached hydrogen (secondary N) is 2. The van der Waals surface area contributed by atoms with Gasteiger partial charge in [0.05, 0.1) is 24.1 Å². The molecular weight excluding hydrogens is 697 g/mol. The summed E-state index contributed by atoms with van der Waals surface area (Å²) >= 11 is 0. The van der Waals surface area contributed by atoms with E-state index < -0.39 is 0 Å². The van der Waals surface area contributed by atoms with Gasteiger partial charge in [-0.2, -0.15) is 0 Å². The van der Waals surface area contributed by atoms with Crippen LogP contribution in [0.2, 0.25) is 0 Å². The third-order valence-corrected chi connectivity index (χ3v) is 9.42. The van der Waals surface area contributed by atoms with E-state index in [1.807, 2.05) is 41.5 Å². The smallest absolute Gasteiger partial charge is 0.225 e. The van der Waals surface area contributed by atoms with Crippen molar-refractivity contribution >= 4 is 29.4 Å². The highest BCUT2D eigenvalue weighted by atomic mass is 16.2. The molecule has 2 fully saturated rings. The van der Waals surface area contributed by atoms with Crippen molar-refractivity contribution in [3.63, 3.8) is 0 Å². The molecule has 0 atom stereocenters. The molecular formula is C45H98N10O. The van der Waals surface area contributed by atoms with Crippen molar-refractivity contribution in [1.82, 2.24) is 10.2 Å². The molecule has 1 aliphatic heterocycles. The maximum absolute atomic E-state index is 11.3. The van der Waals surface area contributed by atoms with Crippen LogP contribution < -0.4 is 28.3 Å². The summed E-state index contributed by atoms with van der Waals surface area (Å²) in [6.45, 7) is 42.9. The normalized spacial score (nSPS) is 16.1. The van der Waals surface area contributed by atoms with Crippen LogP contribution in [0, 0.1) is 44.3 Å². The average molecular weight is 795 g/mol. The summed E-state index contributed by atoms with van der Waals surface area (Å²) in [6, 6.07) is 0. The first kappa shape index (κ1) is 59.8. The molecule has 10 N–H and O–H groups in total.